The van der Waals surface area contributed by atoms with Gasteiger partial charge in [0.05, 0.1) is 30.0 Å². The van der Waals surface area contributed by atoms with Gasteiger partial charge >= 0.3 is 0 Å². The van der Waals surface area contributed by atoms with Gasteiger partial charge in [0.15, 0.2) is 0 Å². The molecule has 0 atom stereocenters. The van der Waals surface area contributed by atoms with Crippen LogP contribution < -0.4 is 10.5 Å². The molecule has 116 valence electrons. The van der Waals surface area contributed by atoms with E-state index in [1.807, 2.05) is 38.1 Å². The Morgan fingerprint density at radius 2 is 1.87 bits per heavy atom. The molecule has 0 aliphatic carbocycles. The maximum atomic E-state index is 5.73. The molecule has 3 rings (SSSR count). The lowest BCUT2D eigenvalue weighted by Gasteiger charge is -2.04. The Hall–Kier alpha value is -3.22. The fourth-order valence-corrected chi connectivity index (χ4v) is 1.96. The summed E-state index contributed by atoms with van der Waals surface area (Å²) in [4.78, 5) is 12.4. The van der Waals surface area contributed by atoms with Crippen LogP contribution in [0.2, 0.25) is 0 Å². The van der Waals surface area contributed by atoms with Crippen molar-refractivity contribution in [2.75, 3.05) is 5.73 Å². The van der Waals surface area contributed by atoms with E-state index in [4.69, 9.17) is 10.5 Å². The molecule has 0 aliphatic heterocycles. The highest BCUT2D eigenvalue weighted by molar-refractivity contribution is 5.79. The molecule has 1 aromatic carbocycles. The van der Waals surface area contributed by atoms with Crippen LogP contribution in [0.25, 0.3) is 0 Å². The van der Waals surface area contributed by atoms with Gasteiger partial charge in [-0.2, -0.15) is 5.10 Å². The molecule has 0 bridgehead atoms. The van der Waals surface area contributed by atoms with Crippen LogP contribution in [-0.2, 0) is 0 Å². The molecule has 0 amide bonds. The van der Waals surface area contributed by atoms with Crippen LogP contribution in [0.15, 0.2) is 48.0 Å². The summed E-state index contributed by atoms with van der Waals surface area (Å²) in [5, 5.41) is 4.26. The van der Waals surface area contributed by atoms with Crippen molar-refractivity contribution < 1.29 is 4.74 Å². The summed E-state index contributed by atoms with van der Waals surface area (Å²) in [5.41, 5.74) is 8.28. The largest absolute Gasteiger partial charge is 0.437 e. The maximum Gasteiger partial charge on any atom is 0.238 e. The summed E-state index contributed by atoms with van der Waals surface area (Å²) in [6.07, 6.45) is 6.72. The van der Waals surface area contributed by atoms with Gasteiger partial charge in [-0.1, -0.05) is 0 Å². The average Bonchev–Trinajstić information content (AvgIpc) is 2.84. The molecular weight excluding hydrogens is 292 g/mol. The molecule has 2 N–H and O–H groups in total. The van der Waals surface area contributed by atoms with Gasteiger partial charge in [-0.15, -0.1) is 0 Å². The molecule has 23 heavy (non-hydrogen) atoms. The number of hydrogen-bond acceptors (Lipinski definition) is 6. The fourth-order valence-electron chi connectivity index (χ4n) is 1.96. The van der Waals surface area contributed by atoms with E-state index in [0.29, 0.717) is 17.6 Å². The SMILES string of the molecule is Cc1cncc(Oc2ccc(C=Nn3cc(C)nc3N)cc2)n1. The second-order valence-corrected chi connectivity index (χ2v) is 5.00. The molecule has 3 aromatic rings. The first-order valence-electron chi connectivity index (χ1n) is 7.02. The third-order valence-corrected chi connectivity index (χ3v) is 3.00. The normalized spacial score (nSPS) is 11.0. The van der Waals surface area contributed by atoms with E-state index in [2.05, 4.69) is 20.1 Å². The monoisotopic (exact) mass is 308 g/mol. The van der Waals surface area contributed by atoms with Gasteiger partial charge < -0.3 is 10.5 Å². The van der Waals surface area contributed by atoms with Gasteiger partial charge in [-0.25, -0.2) is 14.6 Å². The molecule has 0 aliphatic rings. The van der Waals surface area contributed by atoms with Gasteiger partial charge in [0, 0.05) is 6.20 Å². The molecule has 2 aromatic heterocycles. The van der Waals surface area contributed by atoms with Gasteiger partial charge in [0.2, 0.25) is 11.8 Å². The lowest BCUT2D eigenvalue weighted by molar-refractivity contribution is 0.458. The smallest absolute Gasteiger partial charge is 0.238 e. The van der Waals surface area contributed by atoms with Crippen molar-refractivity contribution in [3.05, 3.63) is 59.8 Å². The summed E-state index contributed by atoms with van der Waals surface area (Å²) >= 11 is 0. The van der Waals surface area contributed by atoms with Gasteiger partial charge in [-0.05, 0) is 43.7 Å². The third kappa shape index (κ3) is 3.70. The molecule has 0 radical (unpaired) electrons. The van der Waals surface area contributed by atoms with Crippen molar-refractivity contribution >= 4 is 12.2 Å². The molecule has 2 heterocycles. The van der Waals surface area contributed by atoms with Crippen LogP contribution in [-0.4, -0.2) is 25.8 Å². The number of anilines is 1. The average molecular weight is 308 g/mol. The molecule has 0 fully saturated rings. The summed E-state index contributed by atoms with van der Waals surface area (Å²) in [6, 6.07) is 7.46. The van der Waals surface area contributed by atoms with E-state index in [0.717, 1.165) is 17.0 Å². The highest BCUT2D eigenvalue weighted by Crippen LogP contribution is 2.18. The quantitative estimate of drug-likeness (QED) is 0.748. The number of imidazole rings is 1. The van der Waals surface area contributed by atoms with Crippen LogP contribution in [0.4, 0.5) is 5.95 Å². The summed E-state index contributed by atoms with van der Waals surface area (Å²) in [7, 11) is 0. The van der Waals surface area contributed by atoms with Gasteiger partial charge in [0.1, 0.15) is 5.75 Å². The number of aryl methyl sites for hydroxylation is 2. The second kappa shape index (κ2) is 6.27. The highest BCUT2D eigenvalue weighted by atomic mass is 16.5. The minimum absolute atomic E-state index is 0.358. The highest BCUT2D eigenvalue weighted by Gasteiger charge is 2.01. The summed E-state index contributed by atoms with van der Waals surface area (Å²) < 4.78 is 7.18. The zero-order valence-electron chi connectivity index (χ0n) is 12.8. The lowest BCUT2D eigenvalue weighted by atomic mass is 10.2. The predicted molar refractivity (Wildman–Crippen MR) is 87.7 cm³/mol. The molecule has 0 spiro atoms. The van der Waals surface area contributed by atoms with E-state index in [1.54, 1.807) is 24.8 Å². The number of ether oxygens (including phenoxy) is 1. The fraction of sp³-hybridized carbons (Fsp3) is 0.125. The third-order valence-electron chi connectivity index (χ3n) is 3.00. The molecule has 7 heteroatoms. The zero-order chi connectivity index (χ0) is 16.2. The van der Waals surface area contributed by atoms with Crippen LogP contribution in [0.3, 0.4) is 0 Å². The Bertz CT molecular complexity index is 838. The van der Waals surface area contributed by atoms with Gasteiger partial charge in [-0.3, -0.25) is 4.98 Å². The lowest BCUT2D eigenvalue weighted by Crippen LogP contribution is -1.97. The Balaban J connectivity index is 1.71. The van der Waals surface area contributed by atoms with Crippen molar-refractivity contribution in [3.63, 3.8) is 0 Å². The first-order chi connectivity index (χ1) is 11.1. The predicted octanol–water partition coefficient (Wildman–Crippen LogP) is 2.55. The molecule has 7 nitrogen and oxygen atoms in total. The van der Waals surface area contributed by atoms with E-state index >= 15 is 0 Å². The van der Waals surface area contributed by atoms with Gasteiger partial charge in [0.25, 0.3) is 0 Å². The second-order valence-electron chi connectivity index (χ2n) is 5.00. The zero-order valence-corrected chi connectivity index (χ0v) is 12.8. The molecular formula is C16H16N6O. The van der Waals surface area contributed by atoms with Crippen LogP contribution in [0.1, 0.15) is 17.0 Å². The number of aromatic nitrogens is 4. The van der Waals surface area contributed by atoms with E-state index < -0.39 is 0 Å². The number of hydrogen-bond donors (Lipinski definition) is 1. The Labute approximate surface area is 133 Å². The number of nitrogen functional groups attached to an aromatic ring is 1. The van der Waals surface area contributed by atoms with E-state index in [-0.39, 0.29) is 0 Å². The number of nitrogens with two attached hydrogens (primary N) is 1. The van der Waals surface area contributed by atoms with Crippen molar-refractivity contribution in [1.82, 2.24) is 19.6 Å². The number of benzene rings is 1. The first kappa shape index (κ1) is 14.7. The Morgan fingerprint density at radius 1 is 1.09 bits per heavy atom. The number of rotatable bonds is 4. The Kier molecular flexibility index (Phi) is 4.01. The van der Waals surface area contributed by atoms with Crippen LogP contribution in [0.5, 0.6) is 11.6 Å². The minimum Gasteiger partial charge on any atom is -0.437 e. The summed E-state index contributed by atoms with van der Waals surface area (Å²) in [5.74, 6) is 1.50. The topological polar surface area (TPSA) is 91.2 Å². The molecule has 0 saturated heterocycles. The Morgan fingerprint density at radius 3 is 2.52 bits per heavy atom. The minimum atomic E-state index is 0.358. The van der Waals surface area contributed by atoms with Crippen molar-refractivity contribution in [2.24, 2.45) is 5.10 Å². The maximum absolute atomic E-state index is 5.73. The van der Waals surface area contributed by atoms with Crippen molar-refractivity contribution in [2.45, 2.75) is 13.8 Å². The van der Waals surface area contributed by atoms with Crippen LogP contribution in [0, 0.1) is 13.8 Å². The van der Waals surface area contributed by atoms with Crippen molar-refractivity contribution in [3.8, 4) is 11.6 Å². The molecule has 0 unspecified atom stereocenters. The molecule has 0 saturated carbocycles. The number of nitrogens with zero attached hydrogens (tertiary/aromatic N) is 5. The summed E-state index contributed by atoms with van der Waals surface area (Å²) in [6.45, 7) is 3.73. The van der Waals surface area contributed by atoms with E-state index in [9.17, 15) is 0 Å². The van der Waals surface area contributed by atoms with E-state index in [1.165, 1.54) is 4.68 Å². The first-order valence-corrected chi connectivity index (χ1v) is 7.02. The van der Waals surface area contributed by atoms with Crippen molar-refractivity contribution in [1.29, 1.82) is 0 Å². The van der Waals surface area contributed by atoms with Crippen LogP contribution >= 0.6 is 0 Å². The standard InChI is InChI=1S/C16H16N6O/c1-11-7-18-9-15(20-11)23-14-5-3-13(4-6-14)8-19-22-10-12(2)21-16(22)17/h3-10H,1-2H3,(H2,17,21).